The SMILES string of the molecule is CCCCCCCCC=C(C#N)C(=O)OOC. The maximum absolute atomic E-state index is 11.1. The number of carbonyl (C=O) groups is 1. The summed E-state index contributed by atoms with van der Waals surface area (Å²) in [6, 6.07) is 1.80. The van der Waals surface area contributed by atoms with Crippen molar-refractivity contribution in [3.8, 4) is 6.07 Å². The zero-order chi connectivity index (χ0) is 12.9. The summed E-state index contributed by atoms with van der Waals surface area (Å²) in [4.78, 5) is 19.6. The molecular weight excluding hydrogens is 218 g/mol. The smallest absolute Gasteiger partial charge is 0.292 e. The highest BCUT2D eigenvalue weighted by Gasteiger charge is 2.09. The van der Waals surface area contributed by atoms with Crippen LogP contribution in [0.4, 0.5) is 0 Å². The van der Waals surface area contributed by atoms with Gasteiger partial charge in [0.15, 0.2) is 0 Å². The lowest BCUT2D eigenvalue weighted by Gasteiger charge is -1.99. The molecule has 0 spiro atoms. The number of nitriles is 1. The Hall–Kier alpha value is -1.34. The molecule has 0 saturated carbocycles. The number of rotatable bonds is 9. The van der Waals surface area contributed by atoms with Gasteiger partial charge in [-0.25, -0.2) is 4.79 Å². The topological polar surface area (TPSA) is 59.3 Å². The van der Waals surface area contributed by atoms with Crippen molar-refractivity contribution in [1.82, 2.24) is 0 Å². The van der Waals surface area contributed by atoms with Crippen LogP contribution in [0.3, 0.4) is 0 Å². The molecule has 4 heteroatoms. The van der Waals surface area contributed by atoms with Gasteiger partial charge in [-0.1, -0.05) is 45.1 Å². The minimum atomic E-state index is -0.721. The number of allylic oxidation sites excluding steroid dienone is 1. The van der Waals surface area contributed by atoms with Crippen LogP contribution in [-0.2, 0) is 14.6 Å². The first-order chi connectivity index (χ1) is 8.26. The first-order valence-electron chi connectivity index (χ1n) is 6.11. The second kappa shape index (κ2) is 11.2. The highest BCUT2D eigenvalue weighted by molar-refractivity contribution is 5.92. The summed E-state index contributed by atoms with van der Waals surface area (Å²) < 4.78 is 0. The van der Waals surface area contributed by atoms with Gasteiger partial charge in [0, 0.05) is 0 Å². The van der Waals surface area contributed by atoms with Crippen LogP contribution in [-0.4, -0.2) is 13.1 Å². The van der Waals surface area contributed by atoms with Gasteiger partial charge in [-0.3, -0.25) is 4.89 Å². The molecule has 96 valence electrons. The molecule has 0 bridgehead atoms. The van der Waals surface area contributed by atoms with Crippen LogP contribution in [0.2, 0.25) is 0 Å². The average molecular weight is 239 g/mol. The number of nitrogens with zero attached hydrogens (tertiary/aromatic N) is 1. The third-order valence-corrected chi connectivity index (χ3v) is 2.41. The Morgan fingerprint density at radius 2 is 1.88 bits per heavy atom. The number of hydrogen-bond donors (Lipinski definition) is 0. The van der Waals surface area contributed by atoms with E-state index in [-0.39, 0.29) is 5.57 Å². The molecule has 0 saturated heterocycles. The summed E-state index contributed by atoms with van der Waals surface area (Å²) in [5.74, 6) is -0.721. The Labute approximate surface area is 103 Å². The van der Waals surface area contributed by atoms with Gasteiger partial charge < -0.3 is 0 Å². The summed E-state index contributed by atoms with van der Waals surface area (Å²) >= 11 is 0. The molecule has 0 heterocycles. The molecule has 0 rings (SSSR count). The molecule has 4 nitrogen and oxygen atoms in total. The van der Waals surface area contributed by atoms with E-state index in [1.54, 1.807) is 12.1 Å². The quantitative estimate of drug-likeness (QED) is 0.204. The molecule has 0 aromatic rings. The standard InChI is InChI=1S/C13H21NO3/c1-3-4-5-6-7-8-9-10-12(11-14)13(15)17-16-2/h10H,3-9H2,1-2H3. The zero-order valence-corrected chi connectivity index (χ0v) is 10.7. The van der Waals surface area contributed by atoms with Crippen molar-refractivity contribution in [2.75, 3.05) is 7.11 Å². The first-order valence-corrected chi connectivity index (χ1v) is 6.11. The minimum absolute atomic E-state index is 0.0143. The molecule has 0 N–H and O–H groups in total. The van der Waals surface area contributed by atoms with E-state index in [0.29, 0.717) is 0 Å². The van der Waals surface area contributed by atoms with Crippen molar-refractivity contribution in [3.05, 3.63) is 11.6 Å². The lowest BCUT2D eigenvalue weighted by atomic mass is 10.1. The number of unbranched alkanes of at least 4 members (excludes halogenated alkanes) is 6. The fourth-order valence-corrected chi connectivity index (χ4v) is 1.47. The van der Waals surface area contributed by atoms with Gasteiger partial charge in [-0.2, -0.15) is 10.1 Å². The maximum Gasteiger partial charge on any atom is 0.383 e. The van der Waals surface area contributed by atoms with E-state index in [4.69, 9.17) is 5.26 Å². The second-order valence-electron chi connectivity index (χ2n) is 3.82. The van der Waals surface area contributed by atoms with Gasteiger partial charge >= 0.3 is 5.97 Å². The molecule has 0 amide bonds. The molecule has 17 heavy (non-hydrogen) atoms. The van der Waals surface area contributed by atoms with Crippen molar-refractivity contribution in [3.63, 3.8) is 0 Å². The highest BCUT2D eigenvalue weighted by Crippen LogP contribution is 2.09. The monoisotopic (exact) mass is 239 g/mol. The van der Waals surface area contributed by atoms with E-state index in [9.17, 15) is 4.79 Å². The lowest BCUT2D eigenvalue weighted by Crippen LogP contribution is -2.05. The van der Waals surface area contributed by atoms with Gasteiger partial charge in [-0.05, 0) is 12.8 Å². The van der Waals surface area contributed by atoms with Gasteiger partial charge in [0.1, 0.15) is 11.6 Å². The lowest BCUT2D eigenvalue weighted by molar-refractivity contribution is -0.250. The Kier molecular flexibility index (Phi) is 10.3. The highest BCUT2D eigenvalue weighted by atomic mass is 17.2. The van der Waals surface area contributed by atoms with Gasteiger partial charge in [0.25, 0.3) is 0 Å². The second-order valence-corrected chi connectivity index (χ2v) is 3.82. The van der Waals surface area contributed by atoms with Crippen molar-refractivity contribution >= 4 is 5.97 Å². The third-order valence-electron chi connectivity index (χ3n) is 2.41. The van der Waals surface area contributed by atoms with Crippen molar-refractivity contribution in [2.45, 2.75) is 51.9 Å². The normalized spacial score (nSPS) is 11.0. The van der Waals surface area contributed by atoms with Gasteiger partial charge in [0.05, 0.1) is 7.11 Å². The molecule has 0 aliphatic heterocycles. The summed E-state index contributed by atoms with van der Waals surface area (Å²) in [6.45, 7) is 2.18. The van der Waals surface area contributed by atoms with Crippen molar-refractivity contribution in [1.29, 1.82) is 5.26 Å². The Morgan fingerprint density at radius 1 is 1.24 bits per heavy atom. The van der Waals surface area contributed by atoms with Crippen LogP contribution < -0.4 is 0 Å². The van der Waals surface area contributed by atoms with Gasteiger partial charge in [0.2, 0.25) is 0 Å². The first kappa shape index (κ1) is 15.7. The van der Waals surface area contributed by atoms with Crippen LogP contribution in [0.5, 0.6) is 0 Å². The van der Waals surface area contributed by atoms with Crippen LogP contribution in [0.25, 0.3) is 0 Å². The largest absolute Gasteiger partial charge is 0.383 e. The van der Waals surface area contributed by atoms with Crippen LogP contribution in [0.1, 0.15) is 51.9 Å². The predicted octanol–water partition coefficient (Wildman–Crippen LogP) is 3.29. The molecule has 0 aliphatic carbocycles. The van der Waals surface area contributed by atoms with Crippen LogP contribution in [0.15, 0.2) is 11.6 Å². The Morgan fingerprint density at radius 3 is 2.47 bits per heavy atom. The molecule has 0 radical (unpaired) electrons. The minimum Gasteiger partial charge on any atom is -0.292 e. The summed E-state index contributed by atoms with van der Waals surface area (Å²) in [7, 11) is 1.24. The van der Waals surface area contributed by atoms with E-state index >= 15 is 0 Å². The molecule has 0 aromatic heterocycles. The third kappa shape index (κ3) is 8.47. The van der Waals surface area contributed by atoms with Crippen LogP contribution in [0, 0.1) is 11.3 Å². The Balaban J connectivity index is 3.73. The molecule has 0 fully saturated rings. The molecular formula is C13H21NO3. The average Bonchev–Trinajstić information content (AvgIpc) is 2.33. The zero-order valence-electron chi connectivity index (χ0n) is 10.7. The number of carbonyl (C=O) groups excluding carboxylic acids is 1. The fraction of sp³-hybridized carbons (Fsp3) is 0.692. The fourth-order valence-electron chi connectivity index (χ4n) is 1.47. The van der Waals surface area contributed by atoms with Crippen molar-refractivity contribution < 1.29 is 14.6 Å². The molecule has 0 atom stereocenters. The summed E-state index contributed by atoms with van der Waals surface area (Å²) in [5.41, 5.74) is 0.0143. The van der Waals surface area contributed by atoms with Crippen molar-refractivity contribution in [2.24, 2.45) is 0 Å². The van der Waals surface area contributed by atoms with E-state index < -0.39 is 5.97 Å². The molecule has 0 unspecified atom stereocenters. The predicted molar refractivity (Wildman–Crippen MR) is 64.8 cm³/mol. The maximum atomic E-state index is 11.1. The molecule has 0 aromatic carbocycles. The summed E-state index contributed by atoms with van der Waals surface area (Å²) in [5, 5.41) is 8.72. The van der Waals surface area contributed by atoms with Crippen LogP contribution >= 0.6 is 0 Å². The summed E-state index contributed by atoms with van der Waals surface area (Å²) in [6.07, 6.45) is 9.46. The van der Waals surface area contributed by atoms with E-state index in [2.05, 4.69) is 16.7 Å². The van der Waals surface area contributed by atoms with E-state index in [1.165, 1.54) is 32.8 Å². The van der Waals surface area contributed by atoms with E-state index in [1.807, 2.05) is 0 Å². The van der Waals surface area contributed by atoms with Gasteiger partial charge in [-0.15, -0.1) is 0 Å². The molecule has 0 aliphatic rings. The van der Waals surface area contributed by atoms with E-state index in [0.717, 1.165) is 19.3 Å². The number of hydrogen-bond acceptors (Lipinski definition) is 4. The Bertz CT molecular complexity index is 279.